The highest BCUT2D eigenvalue weighted by Crippen LogP contribution is 2.24. The van der Waals surface area contributed by atoms with E-state index in [1.807, 2.05) is 25.7 Å². The Kier molecular flexibility index (Phi) is 16.4. The maximum absolute atomic E-state index is 13.6. The molecule has 0 aliphatic heterocycles. The number of ether oxygens (including phenoxy) is 2. The summed E-state index contributed by atoms with van der Waals surface area (Å²) in [6, 6.07) is 10.8. The van der Waals surface area contributed by atoms with E-state index < -0.39 is 41.0 Å². The van der Waals surface area contributed by atoms with E-state index in [0.29, 0.717) is 3.57 Å². The summed E-state index contributed by atoms with van der Waals surface area (Å²) in [6.07, 6.45) is 7.89. The van der Waals surface area contributed by atoms with Gasteiger partial charge in [-0.2, -0.15) is 28.1 Å². The van der Waals surface area contributed by atoms with Crippen LogP contribution in [-0.2, 0) is 0 Å². The summed E-state index contributed by atoms with van der Waals surface area (Å²) in [7, 11) is -2.84. The van der Waals surface area contributed by atoms with Crippen LogP contribution < -0.4 is 9.47 Å². The van der Waals surface area contributed by atoms with E-state index in [2.05, 4.69) is 56.3 Å². The maximum atomic E-state index is 13.6. The predicted molar refractivity (Wildman–Crippen MR) is 192 cm³/mol. The number of benzene rings is 2. The maximum Gasteiger partial charge on any atom is 0.388 e. The van der Waals surface area contributed by atoms with Gasteiger partial charge in [-0.05, 0) is 59.0 Å². The first-order valence-electron chi connectivity index (χ1n) is 13.9. The van der Waals surface area contributed by atoms with Crippen LogP contribution in [0.5, 0.6) is 11.8 Å². The van der Waals surface area contributed by atoms with E-state index >= 15 is 0 Å². The van der Waals surface area contributed by atoms with Gasteiger partial charge in [0.1, 0.15) is 33.3 Å². The van der Waals surface area contributed by atoms with E-state index in [1.165, 1.54) is 29.2 Å². The molecular formula is C33H33F6IN6O2Si2. The van der Waals surface area contributed by atoms with Crippen molar-refractivity contribution < 1.29 is 35.8 Å². The van der Waals surface area contributed by atoms with E-state index in [0.717, 1.165) is 28.9 Å². The van der Waals surface area contributed by atoms with Crippen LogP contribution in [0.25, 0.3) is 11.4 Å². The molecule has 0 saturated heterocycles. The first-order valence-corrected chi connectivity index (χ1v) is 22.0. The van der Waals surface area contributed by atoms with Gasteiger partial charge in [0.05, 0.1) is 44.4 Å². The van der Waals surface area contributed by atoms with Crippen LogP contribution in [0.15, 0.2) is 48.8 Å². The number of alkyl halides is 4. The summed E-state index contributed by atoms with van der Waals surface area (Å²) in [5.74, 6) is 0.968. The summed E-state index contributed by atoms with van der Waals surface area (Å²) in [5.41, 5.74) is 6.62. The molecule has 0 aliphatic rings. The van der Waals surface area contributed by atoms with Crippen LogP contribution >= 0.6 is 22.6 Å². The molecular weight excluding hydrogens is 809 g/mol. The van der Waals surface area contributed by atoms with Crippen molar-refractivity contribution in [2.24, 2.45) is 0 Å². The van der Waals surface area contributed by atoms with Crippen molar-refractivity contribution in [3.8, 4) is 58.7 Å². The van der Waals surface area contributed by atoms with Gasteiger partial charge in [0.25, 0.3) is 11.8 Å². The van der Waals surface area contributed by atoms with Crippen molar-refractivity contribution in [2.45, 2.75) is 59.9 Å². The zero-order valence-electron chi connectivity index (χ0n) is 27.0. The Balaban J connectivity index is 0.000000430. The third kappa shape index (κ3) is 14.8. The topological polar surface area (TPSA) is 102 Å². The van der Waals surface area contributed by atoms with Gasteiger partial charge < -0.3 is 9.47 Å². The molecule has 0 spiro atoms. The van der Waals surface area contributed by atoms with Crippen LogP contribution in [-0.4, -0.2) is 48.9 Å². The number of halogens is 7. The molecule has 0 atom stereocenters. The average Bonchev–Trinajstić information content (AvgIpc) is 3.57. The van der Waals surface area contributed by atoms with Crippen molar-refractivity contribution in [1.82, 2.24) is 19.6 Å². The van der Waals surface area contributed by atoms with Crippen LogP contribution in [0.2, 0.25) is 39.3 Å². The van der Waals surface area contributed by atoms with E-state index in [4.69, 9.17) is 16.9 Å². The number of hydrogen-bond acceptors (Lipinski definition) is 6. The molecule has 0 amide bonds. The van der Waals surface area contributed by atoms with E-state index in [-0.39, 0.29) is 47.3 Å². The molecule has 264 valence electrons. The molecule has 0 radical (unpaired) electrons. The van der Waals surface area contributed by atoms with Crippen LogP contribution in [0, 0.1) is 61.3 Å². The molecule has 0 saturated carbocycles. The third-order valence-corrected chi connectivity index (χ3v) is 7.76. The lowest BCUT2D eigenvalue weighted by atomic mass is 10.2. The Hall–Kier alpha value is -4.70. The van der Waals surface area contributed by atoms with E-state index in [1.54, 1.807) is 28.7 Å². The summed E-state index contributed by atoms with van der Waals surface area (Å²) in [4.78, 5) is 0. The van der Waals surface area contributed by atoms with Crippen molar-refractivity contribution in [2.75, 3.05) is 0 Å². The largest absolute Gasteiger partial charge is 0.414 e. The van der Waals surface area contributed by atoms with Gasteiger partial charge in [0, 0.05) is 6.20 Å². The lowest BCUT2D eigenvalue weighted by Crippen LogP contribution is -2.16. The highest BCUT2D eigenvalue weighted by Gasteiger charge is 2.17. The van der Waals surface area contributed by atoms with Crippen LogP contribution in [0.4, 0.5) is 26.3 Å². The molecule has 50 heavy (non-hydrogen) atoms. The Labute approximate surface area is 302 Å². The Morgan fingerprint density at radius 1 is 0.740 bits per heavy atom. The second kappa shape index (κ2) is 18.9. The molecule has 2 heterocycles. The molecule has 0 N–H and O–H groups in total. The number of terminal acetylenes is 1. The molecule has 0 aliphatic carbocycles. The summed E-state index contributed by atoms with van der Waals surface area (Å²) in [6.45, 7) is 6.41. The second-order valence-corrected chi connectivity index (χ2v) is 22.5. The summed E-state index contributed by atoms with van der Waals surface area (Å²) < 4.78 is 87.4. The molecule has 2 aromatic heterocycles. The SMILES string of the molecule is C.C#C[Si](C)(C)C.C[Si](C)(C)C#Cc1cn(-c2cc(F)cc(C#N)c2)nc1OC(F)F.N#Cc1cc(F)cc(-n2cc(I)c(OC(F)F)n2)c1. The lowest BCUT2D eigenvalue weighted by Gasteiger charge is -2.03. The minimum Gasteiger partial charge on any atom is -0.414 e. The smallest absolute Gasteiger partial charge is 0.388 e. The lowest BCUT2D eigenvalue weighted by molar-refractivity contribution is -0.0541. The Morgan fingerprint density at radius 3 is 1.56 bits per heavy atom. The van der Waals surface area contributed by atoms with Gasteiger partial charge in [-0.15, -0.1) is 27.7 Å². The average molecular weight is 843 g/mol. The quantitative estimate of drug-likeness (QED) is 0.0832. The van der Waals surface area contributed by atoms with Gasteiger partial charge in [0.2, 0.25) is 0 Å². The Morgan fingerprint density at radius 2 is 1.16 bits per heavy atom. The number of nitrogens with zero attached hydrogens (tertiary/aromatic N) is 6. The fraction of sp³-hybridized carbons (Fsp3) is 0.273. The number of aromatic nitrogens is 4. The third-order valence-electron chi connectivity index (χ3n) is 5.28. The number of hydrogen-bond donors (Lipinski definition) is 0. The van der Waals surface area contributed by atoms with Gasteiger partial charge in [0.15, 0.2) is 0 Å². The number of nitriles is 2. The standard InChI is InChI=1S/C16H14F3N3OSi.C11H5F3IN3O.C5H10Si.CH4/c1-24(2,3)5-4-12-10-22(21-15(12)23-16(18)19)14-7-11(9-20)6-13(17)8-14;12-7-1-6(4-16)2-8(3-7)18-5-9(15)10(17-18)19-11(13)14;1-5-6(2,3)4;/h6-8,10,16H,1-3H3;1-3,5,11H;1H,2-4H3;1H4. The fourth-order valence-electron chi connectivity index (χ4n) is 3.18. The van der Waals surface area contributed by atoms with Gasteiger partial charge in [-0.25, -0.2) is 18.1 Å². The number of rotatable bonds is 6. The van der Waals surface area contributed by atoms with Crippen molar-refractivity contribution in [1.29, 1.82) is 10.5 Å². The first-order chi connectivity index (χ1) is 22.7. The second-order valence-electron chi connectivity index (χ2n) is 11.8. The molecule has 17 heteroatoms. The zero-order valence-corrected chi connectivity index (χ0v) is 31.2. The minimum absolute atomic E-state index is 0. The van der Waals surface area contributed by atoms with Crippen molar-refractivity contribution >= 4 is 38.7 Å². The molecule has 0 fully saturated rings. The van der Waals surface area contributed by atoms with Crippen LogP contribution in [0.3, 0.4) is 0 Å². The monoisotopic (exact) mass is 842 g/mol. The van der Waals surface area contributed by atoms with Gasteiger partial charge >= 0.3 is 13.2 Å². The molecule has 4 aromatic rings. The van der Waals surface area contributed by atoms with Gasteiger partial charge in [-0.1, -0.05) is 52.6 Å². The van der Waals surface area contributed by atoms with E-state index in [9.17, 15) is 26.3 Å². The zero-order chi connectivity index (χ0) is 37.1. The Bertz CT molecular complexity index is 1960. The van der Waals surface area contributed by atoms with Gasteiger partial charge in [-0.3, -0.25) is 0 Å². The van der Waals surface area contributed by atoms with Crippen molar-refractivity contribution in [3.05, 3.63) is 80.7 Å². The molecule has 4 rings (SSSR count). The van der Waals surface area contributed by atoms with Crippen molar-refractivity contribution in [3.63, 3.8) is 0 Å². The highest BCUT2D eigenvalue weighted by molar-refractivity contribution is 14.1. The highest BCUT2D eigenvalue weighted by atomic mass is 127. The first kappa shape index (κ1) is 43.3. The molecule has 2 aromatic carbocycles. The predicted octanol–water partition coefficient (Wildman–Crippen LogP) is 8.94. The summed E-state index contributed by atoms with van der Waals surface area (Å²) >= 11 is 1.77. The molecule has 0 unspecified atom stereocenters. The fourth-order valence-corrected chi connectivity index (χ4v) is 4.19. The summed E-state index contributed by atoms with van der Waals surface area (Å²) in [5, 5.41) is 25.3. The van der Waals surface area contributed by atoms with Crippen LogP contribution in [0.1, 0.15) is 24.1 Å². The minimum atomic E-state index is -3.05. The normalized spacial score (nSPS) is 10.5. The molecule has 8 nitrogen and oxygen atoms in total. The molecule has 0 bridgehead atoms.